The molecule has 0 amide bonds. The van der Waals surface area contributed by atoms with Gasteiger partial charge in [-0.05, 0) is 56.2 Å². The first-order chi connectivity index (χ1) is 19.7. The lowest BCUT2D eigenvalue weighted by Gasteiger charge is -2.24. The zero-order chi connectivity index (χ0) is 31.7. The van der Waals surface area contributed by atoms with Crippen molar-refractivity contribution in [1.82, 2.24) is 0 Å². The molecule has 42 heavy (non-hydrogen) atoms. The molecule has 11 nitrogen and oxygen atoms in total. The highest BCUT2D eigenvalue weighted by molar-refractivity contribution is 5.76. The van der Waals surface area contributed by atoms with Gasteiger partial charge in [0.2, 0.25) is 0 Å². The first-order valence-corrected chi connectivity index (χ1v) is 14.7. The number of hydrogen-bond acceptors (Lipinski definition) is 11. The van der Waals surface area contributed by atoms with E-state index in [0.29, 0.717) is 18.4 Å². The molecule has 0 aliphatic rings. The van der Waals surface area contributed by atoms with Gasteiger partial charge in [0.05, 0.1) is 19.6 Å². The second-order valence-electron chi connectivity index (χ2n) is 11.5. The molecule has 0 saturated heterocycles. The molecule has 2 N–H and O–H groups in total. The minimum Gasteiger partial charge on any atom is -0.459 e. The number of unbranched alkanes of at least 4 members (excludes halogenated alkanes) is 4. The number of carbonyl (C=O) groups is 4. The van der Waals surface area contributed by atoms with Gasteiger partial charge in [0.15, 0.2) is 11.5 Å². The third-order valence-electron chi connectivity index (χ3n) is 6.04. The maximum Gasteiger partial charge on any atom is 0.513 e. The second kappa shape index (κ2) is 19.0. The Kier molecular flexibility index (Phi) is 16.6. The van der Waals surface area contributed by atoms with Crippen LogP contribution in [0.3, 0.4) is 0 Å². The summed E-state index contributed by atoms with van der Waals surface area (Å²) in [5.74, 6) is -1.23. The van der Waals surface area contributed by atoms with Gasteiger partial charge >= 0.3 is 24.2 Å². The van der Waals surface area contributed by atoms with Crippen molar-refractivity contribution in [1.29, 1.82) is 0 Å². The molecule has 0 heterocycles. The molecule has 0 bridgehead atoms. The molecule has 0 unspecified atom stereocenters. The minimum atomic E-state index is -1.07. The molecule has 11 heteroatoms. The van der Waals surface area contributed by atoms with Crippen LogP contribution >= 0.6 is 0 Å². The van der Waals surface area contributed by atoms with Crippen molar-refractivity contribution in [2.24, 2.45) is 11.1 Å². The molecular weight excluding hydrogens is 546 g/mol. The fourth-order valence-corrected chi connectivity index (χ4v) is 3.58. The number of carbonyl (C=O) groups excluding carboxylic acids is 4. The van der Waals surface area contributed by atoms with Gasteiger partial charge in [0.1, 0.15) is 18.2 Å². The van der Waals surface area contributed by atoms with Crippen LogP contribution in [0.1, 0.15) is 99.0 Å². The van der Waals surface area contributed by atoms with Gasteiger partial charge in [0.25, 0.3) is 0 Å². The van der Waals surface area contributed by atoms with Gasteiger partial charge < -0.3 is 34.2 Å². The van der Waals surface area contributed by atoms with Crippen molar-refractivity contribution in [3.05, 3.63) is 23.8 Å². The van der Waals surface area contributed by atoms with Crippen molar-refractivity contribution >= 4 is 24.2 Å². The molecule has 0 saturated carbocycles. The van der Waals surface area contributed by atoms with Crippen LogP contribution in [0.2, 0.25) is 0 Å². The molecular formula is C31H49NO10. The lowest BCUT2D eigenvalue weighted by atomic mass is 9.92. The summed E-state index contributed by atoms with van der Waals surface area (Å²) in [6.07, 6.45) is 2.06. The highest BCUT2D eigenvalue weighted by Gasteiger charge is 2.26. The van der Waals surface area contributed by atoms with Crippen LogP contribution in [0.15, 0.2) is 18.2 Å². The summed E-state index contributed by atoms with van der Waals surface area (Å²) in [7, 11) is 0. The summed E-state index contributed by atoms with van der Waals surface area (Å²) in [5.41, 5.74) is 6.38. The van der Waals surface area contributed by atoms with E-state index in [-0.39, 0.29) is 48.9 Å². The number of rotatable bonds is 17. The summed E-state index contributed by atoms with van der Waals surface area (Å²) in [4.78, 5) is 49.3. The van der Waals surface area contributed by atoms with Gasteiger partial charge in [-0.3, -0.25) is 9.59 Å². The fourth-order valence-electron chi connectivity index (χ4n) is 3.58. The van der Waals surface area contributed by atoms with Crippen molar-refractivity contribution < 1.29 is 47.6 Å². The Labute approximate surface area is 249 Å². The lowest BCUT2D eigenvalue weighted by molar-refractivity contribution is -0.167. The molecule has 1 rings (SSSR count). The van der Waals surface area contributed by atoms with E-state index < -0.39 is 36.5 Å². The number of hydrogen-bond donors (Lipinski definition) is 1. The van der Waals surface area contributed by atoms with Crippen molar-refractivity contribution in [2.45, 2.75) is 118 Å². The normalized spacial score (nSPS) is 13.3. The van der Waals surface area contributed by atoms with Gasteiger partial charge in [-0.2, -0.15) is 0 Å². The molecule has 0 radical (unpaired) electrons. The fraction of sp³-hybridized carbons (Fsp3) is 0.677. The van der Waals surface area contributed by atoms with Crippen LogP contribution < -0.4 is 15.2 Å². The van der Waals surface area contributed by atoms with Crippen molar-refractivity contribution in [3.63, 3.8) is 0 Å². The van der Waals surface area contributed by atoms with Crippen molar-refractivity contribution in [2.75, 3.05) is 13.2 Å². The highest BCUT2D eigenvalue weighted by Crippen LogP contribution is 2.30. The lowest BCUT2D eigenvalue weighted by Crippen LogP contribution is -2.39. The van der Waals surface area contributed by atoms with E-state index >= 15 is 0 Å². The summed E-state index contributed by atoms with van der Waals surface area (Å²) in [5, 5.41) is 0. The zero-order valence-electron chi connectivity index (χ0n) is 26.2. The number of benzene rings is 1. The molecule has 0 aliphatic heterocycles. The van der Waals surface area contributed by atoms with Crippen LogP contribution in [0, 0.1) is 5.41 Å². The maximum absolute atomic E-state index is 12.7. The van der Waals surface area contributed by atoms with Crippen LogP contribution in [0.5, 0.6) is 11.5 Å². The van der Waals surface area contributed by atoms with Crippen LogP contribution in [0.4, 0.5) is 9.59 Å². The summed E-state index contributed by atoms with van der Waals surface area (Å²) in [6, 6.07) is 3.35. The summed E-state index contributed by atoms with van der Waals surface area (Å²) >= 11 is 0. The molecule has 1 aromatic carbocycles. The average Bonchev–Trinajstić information content (AvgIpc) is 2.89. The highest BCUT2D eigenvalue weighted by atomic mass is 16.7. The molecule has 0 fully saturated rings. The second-order valence-corrected chi connectivity index (χ2v) is 11.5. The van der Waals surface area contributed by atoms with Gasteiger partial charge in [-0.25, -0.2) is 9.59 Å². The van der Waals surface area contributed by atoms with Gasteiger partial charge in [-0.1, -0.05) is 66.4 Å². The molecule has 3 atom stereocenters. The van der Waals surface area contributed by atoms with Crippen LogP contribution in [-0.2, 0) is 35.0 Å². The molecule has 238 valence electrons. The average molecular weight is 596 g/mol. The Hall–Kier alpha value is -3.34. The first-order valence-electron chi connectivity index (χ1n) is 14.7. The topological polar surface area (TPSA) is 150 Å². The standard InChI is InChI=1S/C31H49NO10/c1-8-10-12-16-37-29(35)41-25-15-14-23(19-26(25)42-30(36)38-17-13-11-9-2)18-24(32)28(34)40-22(4)21(3)39-27(33)20-31(5,6)7/h14-15,19,21-22,24H,8-13,16-18,20,32H2,1-7H3/t21-,22-,24-/m0/s1. The van der Waals surface area contributed by atoms with Gasteiger partial charge in [-0.15, -0.1) is 0 Å². The number of ether oxygens (including phenoxy) is 6. The van der Waals surface area contributed by atoms with Gasteiger partial charge in [0, 0.05) is 0 Å². The third kappa shape index (κ3) is 15.6. The Morgan fingerprint density at radius 3 is 1.83 bits per heavy atom. The van der Waals surface area contributed by atoms with E-state index in [1.807, 2.05) is 34.6 Å². The van der Waals surface area contributed by atoms with Crippen LogP contribution in [-0.4, -0.2) is 55.7 Å². The number of nitrogens with two attached hydrogens (primary N) is 1. The van der Waals surface area contributed by atoms with Crippen molar-refractivity contribution in [3.8, 4) is 11.5 Å². The maximum atomic E-state index is 12.7. The van der Waals surface area contributed by atoms with E-state index in [2.05, 4.69) is 0 Å². The monoisotopic (exact) mass is 595 g/mol. The molecule has 0 aliphatic carbocycles. The predicted octanol–water partition coefficient (Wildman–Crippen LogP) is 6.27. The van der Waals surface area contributed by atoms with E-state index in [1.165, 1.54) is 12.1 Å². The van der Waals surface area contributed by atoms with E-state index in [9.17, 15) is 19.2 Å². The molecule has 1 aromatic rings. The Balaban J connectivity index is 2.88. The third-order valence-corrected chi connectivity index (χ3v) is 6.04. The first kappa shape index (κ1) is 36.7. The quantitative estimate of drug-likeness (QED) is 0.0939. The smallest absolute Gasteiger partial charge is 0.459 e. The Bertz CT molecular complexity index is 1000. The minimum absolute atomic E-state index is 0.0212. The SMILES string of the molecule is CCCCCOC(=O)Oc1ccc(C[C@H](N)C(=O)O[C@@H](C)[C@H](C)OC(=O)CC(C)(C)C)cc1OC(=O)OCCCCC. The predicted molar refractivity (Wildman–Crippen MR) is 156 cm³/mol. The Morgan fingerprint density at radius 2 is 1.31 bits per heavy atom. The summed E-state index contributed by atoms with van der Waals surface area (Å²) < 4.78 is 31.6. The molecule has 0 spiro atoms. The Morgan fingerprint density at radius 1 is 0.786 bits per heavy atom. The van der Waals surface area contributed by atoms with E-state index in [4.69, 9.17) is 34.2 Å². The van der Waals surface area contributed by atoms with Crippen LogP contribution in [0.25, 0.3) is 0 Å². The summed E-state index contributed by atoms with van der Waals surface area (Å²) in [6.45, 7) is 13.5. The molecule has 0 aromatic heterocycles. The largest absolute Gasteiger partial charge is 0.513 e. The zero-order valence-corrected chi connectivity index (χ0v) is 26.2. The van der Waals surface area contributed by atoms with E-state index in [0.717, 1.165) is 25.7 Å². The van der Waals surface area contributed by atoms with E-state index in [1.54, 1.807) is 19.9 Å². The number of esters is 2.